The van der Waals surface area contributed by atoms with Crippen LogP contribution in [0.25, 0.3) is 0 Å². The summed E-state index contributed by atoms with van der Waals surface area (Å²) in [5.74, 6) is 2.76. The summed E-state index contributed by atoms with van der Waals surface area (Å²) in [5.41, 5.74) is 0.899. The molecule has 2 aromatic heterocycles. The van der Waals surface area contributed by atoms with E-state index in [9.17, 15) is 4.79 Å². The molecule has 160 valence electrons. The lowest BCUT2D eigenvalue weighted by atomic mass is 9.97. The summed E-state index contributed by atoms with van der Waals surface area (Å²) in [6, 6.07) is 13.2. The Morgan fingerprint density at radius 1 is 1.03 bits per heavy atom. The number of amides is 1. The van der Waals surface area contributed by atoms with E-state index in [1.165, 1.54) is 4.90 Å². The maximum atomic E-state index is 11.0. The number of hydrogen-bond acceptors (Lipinski definition) is 7. The number of nitrogens with zero attached hydrogens (tertiary/aromatic N) is 4. The van der Waals surface area contributed by atoms with Crippen molar-refractivity contribution in [3.05, 3.63) is 61.1 Å². The molecule has 0 spiro atoms. The van der Waals surface area contributed by atoms with Crippen molar-refractivity contribution in [2.75, 3.05) is 30.3 Å². The average Bonchev–Trinajstić information content (AvgIpc) is 2.81. The molecule has 1 saturated heterocycles. The summed E-state index contributed by atoms with van der Waals surface area (Å²) in [4.78, 5) is 25.4. The molecule has 0 radical (unpaired) electrons. The van der Waals surface area contributed by atoms with Crippen molar-refractivity contribution >= 4 is 23.4 Å². The van der Waals surface area contributed by atoms with Crippen LogP contribution in [0.5, 0.6) is 11.6 Å². The Kier molecular flexibility index (Phi) is 6.41. The van der Waals surface area contributed by atoms with Crippen LogP contribution in [0.4, 0.5) is 22.1 Å². The third kappa shape index (κ3) is 5.59. The van der Waals surface area contributed by atoms with Gasteiger partial charge < -0.3 is 25.4 Å². The molecule has 9 nitrogen and oxygen atoms in total. The first kappa shape index (κ1) is 20.4. The third-order valence-electron chi connectivity index (χ3n) is 5.11. The van der Waals surface area contributed by atoms with Crippen LogP contribution < -0.4 is 15.4 Å². The Labute approximate surface area is 180 Å². The van der Waals surface area contributed by atoms with Gasteiger partial charge in [-0.25, -0.2) is 19.7 Å². The van der Waals surface area contributed by atoms with E-state index in [-0.39, 0.29) is 0 Å². The molecule has 1 amide bonds. The second-order valence-corrected chi connectivity index (χ2v) is 7.27. The van der Waals surface area contributed by atoms with Crippen molar-refractivity contribution < 1.29 is 14.6 Å². The monoisotopic (exact) mass is 420 g/mol. The molecule has 0 unspecified atom stereocenters. The van der Waals surface area contributed by atoms with Gasteiger partial charge in [0.15, 0.2) is 5.82 Å². The predicted octanol–water partition coefficient (Wildman–Crippen LogP) is 4.21. The summed E-state index contributed by atoms with van der Waals surface area (Å²) in [5, 5.41) is 15.6. The molecule has 3 heterocycles. The van der Waals surface area contributed by atoms with Gasteiger partial charge in [-0.1, -0.05) is 6.07 Å². The van der Waals surface area contributed by atoms with Crippen LogP contribution in [0.2, 0.25) is 0 Å². The first-order chi connectivity index (χ1) is 15.2. The zero-order valence-electron chi connectivity index (χ0n) is 16.9. The fraction of sp³-hybridized carbons (Fsp3) is 0.273. The van der Waals surface area contributed by atoms with Crippen molar-refractivity contribution in [1.29, 1.82) is 0 Å². The number of anilines is 3. The highest BCUT2D eigenvalue weighted by Crippen LogP contribution is 2.27. The van der Waals surface area contributed by atoms with Gasteiger partial charge in [0.05, 0.1) is 0 Å². The molecule has 1 fully saturated rings. The van der Waals surface area contributed by atoms with Crippen molar-refractivity contribution in [1.82, 2.24) is 19.9 Å². The van der Waals surface area contributed by atoms with E-state index >= 15 is 0 Å². The first-order valence-electron chi connectivity index (χ1n) is 10.2. The lowest BCUT2D eigenvalue weighted by Crippen LogP contribution is -2.39. The summed E-state index contributed by atoms with van der Waals surface area (Å²) in [6.45, 7) is 1.81. The largest absolute Gasteiger partial charge is 0.465 e. The molecule has 0 saturated carbocycles. The van der Waals surface area contributed by atoms with Gasteiger partial charge >= 0.3 is 6.09 Å². The van der Waals surface area contributed by atoms with E-state index < -0.39 is 6.09 Å². The molecule has 0 aliphatic carbocycles. The zero-order valence-corrected chi connectivity index (χ0v) is 16.9. The van der Waals surface area contributed by atoms with E-state index in [0.717, 1.165) is 24.3 Å². The number of carbonyl (C=O) groups is 1. The summed E-state index contributed by atoms with van der Waals surface area (Å²) < 4.78 is 5.94. The maximum absolute atomic E-state index is 11.0. The van der Waals surface area contributed by atoms with Gasteiger partial charge in [-0.15, -0.1) is 0 Å². The normalized spacial score (nSPS) is 14.1. The van der Waals surface area contributed by atoms with E-state index in [0.29, 0.717) is 43.0 Å². The fourth-order valence-electron chi connectivity index (χ4n) is 3.39. The molecule has 9 heteroatoms. The second kappa shape index (κ2) is 9.75. The lowest BCUT2D eigenvalue weighted by Gasteiger charge is -2.30. The van der Waals surface area contributed by atoms with Gasteiger partial charge in [0.1, 0.15) is 11.6 Å². The van der Waals surface area contributed by atoms with Crippen LogP contribution in [-0.2, 0) is 0 Å². The average molecular weight is 420 g/mol. The number of hydrogen-bond donors (Lipinski definition) is 3. The molecule has 0 atom stereocenters. The Morgan fingerprint density at radius 3 is 2.52 bits per heavy atom. The number of aromatic nitrogens is 3. The Hall–Kier alpha value is -3.88. The van der Waals surface area contributed by atoms with Gasteiger partial charge in [0, 0.05) is 43.9 Å². The standard InChI is InChI=1S/C22H24N6O3/c29-22(30)28-13-8-16(9-14-28)15-26-20-21(25-12-11-24-20)31-18-6-4-17(5-7-18)27-19-3-1-2-10-23-19/h1-7,10-12,16H,8-9,13-15H2,(H,23,27)(H,24,26)(H,29,30). The van der Waals surface area contributed by atoms with Gasteiger partial charge in [0.2, 0.25) is 0 Å². The highest BCUT2D eigenvalue weighted by Gasteiger charge is 2.22. The molecule has 31 heavy (non-hydrogen) atoms. The molecular weight excluding hydrogens is 396 g/mol. The maximum Gasteiger partial charge on any atom is 0.407 e. The minimum atomic E-state index is -0.850. The quantitative estimate of drug-likeness (QED) is 0.521. The molecular formula is C22H24N6O3. The number of ether oxygens (including phenoxy) is 1. The number of piperidine rings is 1. The first-order valence-corrected chi connectivity index (χ1v) is 10.2. The van der Waals surface area contributed by atoms with Crippen molar-refractivity contribution in [2.45, 2.75) is 12.8 Å². The van der Waals surface area contributed by atoms with Gasteiger partial charge in [-0.3, -0.25) is 0 Å². The minimum absolute atomic E-state index is 0.377. The summed E-state index contributed by atoms with van der Waals surface area (Å²) in [7, 11) is 0. The molecule has 3 N–H and O–H groups in total. The fourth-order valence-corrected chi connectivity index (χ4v) is 3.39. The van der Waals surface area contributed by atoms with Crippen molar-refractivity contribution in [3.8, 4) is 11.6 Å². The van der Waals surface area contributed by atoms with Crippen LogP contribution in [0.15, 0.2) is 61.1 Å². The number of nitrogens with one attached hydrogen (secondary N) is 2. The van der Waals surface area contributed by atoms with Crippen LogP contribution >= 0.6 is 0 Å². The molecule has 4 rings (SSSR count). The summed E-state index contributed by atoms with van der Waals surface area (Å²) in [6.07, 6.45) is 5.72. The van der Waals surface area contributed by atoms with Crippen molar-refractivity contribution in [2.24, 2.45) is 5.92 Å². The smallest absolute Gasteiger partial charge is 0.407 e. The third-order valence-corrected chi connectivity index (χ3v) is 5.11. The zero-order chi connectivity index (χ0) is 21.5. The lowest BCUT2D eigenvalue weighted by molar-refractivity contribution is 0.126. The Morgan fingerprint density at radius 2 is 1.81 bits per heavy atom. The van der Waals surface area contributed by atoms with Gasteiger partial charge in [-0.05, 0) is 55.2 Å². The van der Waals surface area contributed by atoms with E-state index in [4.69, 9.17) is 9.84 Å². The van der Waals surface area contributed by atoms with E-state index in [2.05, 4.69) is 25.6 Å². The Bertz CT molecular complexity index is 992. The van der Waals surface area contributed by atoms with Gasteiger partial charge in [0.25, 0.3) is 5.88 Å². The summed E-state index contributed by atoms with van der Waals surface area (Å²) >= 11 is 0. The van der Waals surface area contributed by atoms with Crippen LogP contribution in [0, 0.1) is 5.92 Å². The van der Waals surface area contributed by atoms with Crippen molar-refractivity contribution in [3.63, 3.8) is 0 Å². The van der Waals surface area contributed by atoms with Crippen LogP contribution in [0.1, 0.15) is 12.8 Å². The number of benzene rings is 1. The number of likely N-dealkylation sites (tertiary alicyclic amines) is 1. The minimum Gasteiger partial charge on any atom is -0.465 e. The molecule has 1 aliphatic heterocycles. The second-order valence-electron chi connectivity index (χ2n) is 7.27. The van der Waals surface area contributed by atoms with Gasteiger partial charge in [-0.2, -0.15) is 0 Å². The SMILES string of the molecule is O=C(O)N1CCC(CNc2nccnc2Oc2ccc(Nc3ccccn3)cc2)CC1. The topological polar surface area (TPSA) is 113 Å². The highest BCUT2D eigenvalue weighted by atomic mass is 16.5. The molecule has 0 bridgehead atoms. The van der Waals surface area contributed by atoms with Crippen LogP contribution in [-0.4, -0.2) is 50.7 Å². The number of rotatable bonds is 7. The molecule has 3 aromatic rings. The Balaban J connectivity index is 1.34. The van der Waals surface area contributed by atoms with Crippen LogP contribution in [0.3, 0.4) is 0 Å². The number of carboxylic acid groups (broad SMARTS) is 1. The van der Waals surface area contributed by atoms with E-state index in [1.54, 1.807) is 18.6 Å². The van der Waals surface area contributed by atoms with E-state index in [1.807, 2.05) is 42.5 Å². The predicted molar refractivity (Wildman–Crippen MR) is 117 cm³/mol. The number of pyridine rings is 1. The molecule has 1 aromatic carbocycles. The molecule has 1 aliphatic rings. The highest BCUT2D eigenvalue weighted by molar-refractivity contribution is 5.65.